The number of amides is 1. The van der Waals surface area contributed by atoms with Crippen LogP contribution in [0.3, 0.4) is 0 Å². The van der Waals surface area contributed by atoms with Gasteiger partial charge in [-0.1, -0.05) is 26.7 Å². The van der Waals surface area contributed by atoms with Gasteiger partial charge < -0.3 is 10.4 Å². The minimum absolute atomic E-state index is 0.0230. The quantitative estimate of drug-likeness (QED) is 0.714. The van der Waals surface area contributed by atoms with Crippen molar-refractivity contribution in [1.82, 2.24) is 10.2 Å². The molecule has 5 heteroatoms. The summed E-state index contributed by atoms with van der Waals surface area (Å²) in [4.78, 5) is 25.0. The molecule has 0 aromatic carbocycles. The van der Waals surface area contributed by atoms with Gasteiger partial charge in [-0.3, -0.25) is 14.5 Å². The van der Waals surface area contributed by atoms with Crippen molar-refractivity contribution in [3.63, 3.8) is 0 Å². The maximum Gasteiger partial charge on any atom is 0.307 e. The normalized spacial score (nSPS) is 19.0. The maximum absolute atomic E-state index is 12.1. The van der Waals surface area contributed by atoms with Crippen molar-refractivity contribution >= 4 is 11.9 Å². The molecule has 1 rings (SSSR count). The second-order valence-electron chi connectivity index (χ2n) is 5.97. The molecule has 20 heavy (non-hydrogen) atoms. The van der Waals surface area contributed by atoms with Crippen molar-refractivity contribution in [2.75, 3.05) is 13.1 Å². The van der Waals surface area contributed by atoms with Gasteiger partial charge in [0, 0.05) is 18.6 Å². The van der Waals surface area contributed by atoms with E-state index in [2.05, 4.69) is 12.2 Å². The van der Waals surface area contributed by atoms with E-state index in [9.17, 15) is 9.59 Å². The van der Waals surface area contributed by atoms with Gasteiger partial charge in [0.25, 0.3) is 0 Å². The molecule has 0 aliphatic heterocycles. The lowest BCUT2D eigenvalue weighted by Gasteiger charge is -2.29. The first kappa shape index (κ1) is 17.0. The van der Waals surface area contributed by atoms with Crippen LogP contribution in [0.15, 0.2) is 0 Å². The number of rotatable bonds is 8. The van der Waals surface area contributed by atoms with Gasteiger partial charge in [0.1, 0.15) is 0 Å². The van der Waals surface area contributed by atoms with Gasteiger partial charge in [0.05, 0.1) is 12.5 Å². The lowest BCUT2D eigenvalue weighted by Crippen LogP contribution is -2.46. The van der Waals surface area contributed by atoms with E-state index in [1.165, 1.54) is 12.8 Å². The molecule has 2 atom stereocenters. The third-order valence-electron chi connectivity index (χ3n) is 4.21. The molecule has 2 N–H and O–H groups in total. The summed E-state index contributed by atoms with van der Waals surface area (Å²) in [6.45, 7) is 6.49. The van der Waals surface area contributed by atoms with Crippen LogP contribution in [0, 0.1) is 5.92 Å². The highest BCUT2D eigenvalue weighted by Gasteiger charge is 2.23. The Balaban J connectivity index is 2.50. The van der Waals surface area contributed by atoms with Crippen molar-refractivity contribution in [2.45, 2.75) is 65.0 Å². The molecule has 1 amide bonds. The highest BCUT2D eigenvalue weighted by atomic mass is 16.4. The summed E-state index contributed by atoms with van der Waals surface area (Å²) in [7, 11) is 0. The molecule has 0 radical (unpaired) electrons. The Bertz CT molecular complexity index is 327. The number of carboxylic acid groups (broad SMARTS) is 1. The van der Waals surface area contributed by atoms with E-state index in [0.717, 1.165) is 19.3 Å². The predicted octanol–water partition coefficient (Wildman–Crippen LogP) is 1.87. The molecule has 1 aliphatic rings. The van der Waals surface area contributed by atoms with Gasteiger partial charge in [0.2, 0.25) is 5.91 Å². The minimum atomic E-state index is -0.811. The average molecular weight is 284 g/mol. The monoisotopic (exact) mass is 284 g/mol. The zero-order valence-electron chi connectivity index (χ0n) is 12.9. The summed E-state index contributed by atoms with van der Waals surface area (Å²) in [6.07, 6.45) is 5.43. The Hall–Kier alpha value is -1.10. The molecule has 1 aliphatic carbocycles. The molecular weight excluding hydrogens is 256 g/mol. The second kappa shape index (κ2) is 8.25. The largest absolute Gasteiger partial charge is 0.481 e. The summed E-state index contributed by atoms with van der Waals surface area (Å²) in [5, 5.41) is 12.1. The number of aliphatic carboxylic acids is 1. The van der Waals surface area contributed by atoms with Crippen LogP contribution in [0.25, 0.3) is 0 Å². The van der Waals surface area contributed by atoms with E-state index < -0.39 is 11.9 Å². The molecule has 0 spiro atoms. The van der Waals surface area contributed by atoms with Gasteiger partial charge in [-0.25, -0.2) is 0 Å². The fourth-order valence-corrected chi connectivity index (χ4v) is 2.62. The molecule has 0 bridgehead atoms. The highest BCUT2D eigenvalue weighted by molar-refractivity contribution is 5.78. The van der Waals surface area contributed by atoms with Crippen molar-refractivity contribution in [3.05, 3.63) is 0 Å². The summed E-state index contributed by atoms with van der Waals surface area (Å²) in [5.74, 6) is -1.24. The Morgan fingerprint density at radius 2 is 1.90 bits per heavy atom. The van der Waals surface area contributed by atoms with E-state index in [0.29, 0.717) is 19.1 Å². The lowest BCUT2D eigenvalue weighted by molar-refractivity contribution is -0.142. The molecule has 0 aromatic heterocycles. The third kappa shape index (κ3) is 5.49. The molecular formula is C15H28N2O3. The molecule has 2 unspecified atom stereocenters. The van der Waals surface area contributed by atoms with E-state index in [1.807, 2.05) is 11.8 Å². The molecule has 1 fully saturated rings. The van der Waals surface area contributed by atoms with Crippen LogP contribution >= 0.6 is 0 Å². The number of carbonyl (C=O) groups excluding carboxylic acids is 1. The summed E-state index contributed by atoms with van der Waals surface area (Å²) >= 11 is 0. The topological polar surface area (TPSA) is 69.6 Å². The fourth-order valence-electron chi connectivity index (χ4n) is 2.62. The zero-order valence-corrected chi connectivity index (χ0v) is 12.9. The molecule has 5 nitrogen and oxygen atoms in total. The minimum Gasteiger partial charge on any atom is -0.481 e. The van der Waals surface area contributed by atoms with E-state index in [1.54, 1.807) is 6.92 Å². The van der Waals surface area contributed by atoms with Gasteiger partial charge in [-0.05, 0) is 26.2 Å². The van der Waals surface area contributed by atoms with Crippen molar-refractivity contribution in [2.24, 2.45) is 5.92 Å². The highest BCUT2D eigenvalue weighted by Crippen LogP contribution is 2.17. The fraction of sp³-hybridized carbons (Fsp3) is 0.867. The van der Waals surface area contributed by atoms with Gasteiger partial charge in [-0.2, -0.15) is 0 Å². The Morgan fingerprint density at radius 3 is 2.40 bits per heavy atom. The Morgan fingerprint density at radius 1 is 1.30 bits per heavy atom. The smallest absolute Gasteiger partial charge is 0.307 e. The second-order valence-corrected chi connectivity index (χ2v) is 5.97. The molecule has 1 saturated carbocycles. The Labute approximate surface area is 121 Å². The first-order valence-corrected chi connectivity index (χ1v) is 7.70. The number of nitrogens with zero attached hydrogens (tertiary/aromatic N) is 1. The zero-order chi connectivity index (χ0) is 15.1. The summed E-state index contributed by atoms with van der Waals surface area (Å²) < 4.78 is 0. The number of hydrogen-bond donors (Lipinski definition) is 2. The van der Waals surface area contributed by atoms with Gasteiger partial charge in [0.15, 0.2) is 0 Å². The van der Waals surface area contributed by atoms with E-state index >= 15 is 0 Å². The number of carbonyl (C=O) groups is 2. The number of hydrogen-bond acceptors (Lipinski definition) is 3. The van der Waals surface area contributed by atoms with Crippen LogP contribution in [-0.2, 0) is 9.59 Å². The van der Waals surface area contributed by atoms with E-state index in [-0.39, 0.29) is 11.9 Å². The van der Waals surface area contributed by atoms with Gasteiger partial charge >= 0.3 is 5.97 Å². The van der Waals surface area contributed by atoms with Crippen LogP contribution in [0.4, 0.5) is 0 Å². The maximum atomic E-state index is 12.1. The molecule has 0 saturated heterocycles. The summed E-state index contributed by atoms with van der Waals surface area (Å²) in [6, 6.07) is 0.532. The van der Waals surface area contributed by atoms with Crippen molar-refractivity contribution in [1.29, 1.82) is 0 Å². The first-order chi connectivity index (χ1) is 9.43. The number of carboxylic acids is 1. The Kier molecular flexibility index (Phi) is 6.99. The SMILES string of the molecule is CCC(C)N(CC(=O)NC1CCCC1)CC(C)C(=O)O. The van der Waals surface area contributed by atoms with Gasteiger partial charge in [-0.15, -0.1) is 0 Å². The van der Waals surface area contributed by atoms with Crippen LogP contribution in [0.1, 0.15) is 52.9 Å². The molecule has 116 valence electrons. The number of nitrogens with one attached hydrogen (secondary N) is 1. The third-order valence-corrected chi connectivity index (χ3v) is 4.21. The molecule has 0 aromatic rings. The average Bonchev–Trinajstić information content (AvgIpc) is 2.89. The molecule has 0 heterocycles. The van der Waals surface area contributed by atoms with Crippen LogP contribution < -0.4 is 5.32 Å². The lowest BCUT2D eigenvalue weighted by atomic mass is 10.1. The predicted molar refractivity (Wildman–Crippen MR) is 78.5 cm³/mol. The van der Waals surface area contributed by atoms with Crippen molar-refractivity contribution in [3.8, 4) is 0 Å². The summed E-state index contributed by atoms with van der Waals surface area (Å²) in [5.41, 5.74) is 0. The van der Waals surface area contributed by atoms with Crippen molar-refractivity contribution < 1.29 is 14.7 Å². The van der Waals surface area contributed by atoms with E-state index in [4.69, 9.17) is 5.11 Å². The standard InChI is InChI=1S/C15H28N2O3/c1-4-12(3)17(9-11(2)15(19)20)10-14(18)16-13-7-5-6-8-13/h11-13H,4-10H2,1-3H3,(H,16,18)(H,19,20). The van der Waals surface area contributed by atoms with Crippen LogP contribution in [0.2, 0.25) is 0 Å². The first-order valence-electron chi connectivity index (χ1n) is 7.70. The van der Waals surface area contributed by atoms with Crippen LogP contribution in [0.5, 0.6) is 0 Å². The van der Waals surface area contributed by atoms with Crippen LogP contribution in [-0.4, -0.2) is 47.1 Å².